The van der Waals surface area contributed by atoms with Crippen LogP contribution in [0.25, 0.3) is 0 Å². The largest absolute Gasteiger partial charge is 0.490 e. The maximum absolute atomic E-state index is 14.0. The van der Waals surface area contributed by atoms with Gasteiger partial charge in [-0.15, -0.1) is 0 Å². The summed E-state index contributed by atoms with van der Waals surface area (Å²) < 4.78 is 26.5. The van der Waals surface area contributed by atoms with Crippen molar-refractivity contribution in [1.29, 1.82) is 0 Å². The Kier molecular flexibility index (Phi) is 7.86. The van der Waals surface area contributed by atoms with Crippen molar-refractivity contribution in [2.24, 2.45) is 0 Å². The minimum atomic E-state index is -0.397. The highest BCUT2D eigenvalue weighted by atomic mass is 79.9. The third-order valence-corrected chi connectivity index (χ3v) is 5.33. The van der Waals surface area contributed by atoms with Crippen molar-refractivity contribution in [1.82, 2.24) is 10.3 Å². The van der Waals surface area contributed by atoms with Crippen LogP contribution >= 0.6 is 27.5 Å². The number of rotatable bonds is 9. The van der Waals surface area contributed by atoms with E-state index in [1.54, 1.807) is 24.5 Å². The Balaban J connectivity index is 1.71. The minimum absolute atomic E-state index is 0.0116. The molecule has 0 aliphatic heterocycles. The molecule has 1 aromatic heterocycles. The van der Waals surface area contributed by atoms with Gasteiger partial charge in [-0.25, -0.2) is 4.39 Å². The van der Waals surface area contributed by atoms with E-state index in [2.05, 4.69) is 26.2 Å². The van der Waals surface area contributed by atoms with Crippen molar-refractivity contribution in [3.05, 3.63) is 86.9 Å². The summed E-state index contributed by atoms with van der Waals surface area (Å²) in [6, 6.07) is 12.3. The molecule has 0 unspecified atom stereocenters. The molecule has 0 aliphatic rings. The molecule has 1 N–H and O–H groups in total. The van der Waals surface area contributed by atoms with Crippen molar-refractivity contribution < 1.29 is 13.9 Å². The number of halogens is 3. The fourth-order valence-electron chi connectivity index (χ4n) is 2.76. The van der Waals surface area contributed by atoms with Crippen LogP contribution in [0, 0.1) is 5.82 Å². The molecule has 0 spiro atoms. The lowest BCUT2D eigenvalue weighted by Crippen LogP contribution is -2.13. The molecule has 0 atom stereocenters. The highest BCUT2D eigenvalue weighted by molar-refractivity contribution is 9.10. The number of nitrogens with zero attached hydrogens (tertiary/aromatic N) is 1. The Morgan fingerprint density at radius 2 is 1.83 bits per heavy atom. The van der Waals surface area contributed by atoms with Gasteiger partial charge >= 0.3 is 0 Å². The second-order valence-electron chi connectivity index (χ2n) is 6.27. The lowest BCUT2D eigenvalue weighted by Gasteiger charge is -2.16. The van der Waals surface area contributed by atoms with Gasteiger partial charge in [-0.1, -0.05) is 33.6 Å². The summed E-state index contributed by atoms with van der Waals surface area (Å²) in [6.45, 7) is 3.77. The van der Waals surface area contributed by atoms with Crippen LogP contribution in [0.15, 0.2) is 59.3 Å². The average Bonchev–Trinajstić information content (AvgIpc) is 2.71. The van der Waals surface area contributed by atoms with E-state index >= 15 is 0 Å². The monoisotopic (exact) mass is 478 g/mol. The molecule has 152 valence electrons. The van der Waals surface area contributed by atoms with E-state index in [4.69, 9.17) is 21.1 Å². The Labute approximate surface area is 183 Å². The number of ether oxygens (including phenoxy) is 2. The highest BCUT2D eigenvalue weighted by Gasteiger charge is 2.13. The van der Waals surface area contributed by atoms with Crippen LogP contribution in [0.2, 0.25) is 5.02 Å². The standard InChI is InChI=1S/C22H21BrClFN2O2/c1-2-28-21-10-16(13-27-12-15-6-8-26-9-7-15)18(23)11-22(21)29-14-17-19(24)4-3-5-20(17)25/h3-11,27H,2,12-14H2,1H3. The molecule has 3 aromatic rings. The second-order valence-corrected chi connectivity index (χ2v) is 7.53. The zero-order valence-corrected chi connectivity index (χ0v) is 18.3. The number of nitrogens with one attached hydrogen (secondary N) is 1. The SMILES string of the molecule is CCOc1cc(CNCc2ccncc2)c(Br)cc1OCc1c(F)cccc1Cl. The lowest BCUT2D eigenvalue weighted by atomic mass is 10.2. The lowest BCUT2D eigenvalue weighted by molar-refractivity contribution is 0.265. The first kappa shape index (κ1) is 21.6. The van der Waals surface area contributed by atoms with E-state index in [1.165, 1.54) is 6.07 Å². The minimum Gasteiger partial charge on any atom is -0.490 e. The maximum Gasteiger partial charge on any atom is 0.162 e. The van der Waals surface area contributed by atoms with Gasteiger partial charge in [-0.3, -0.25) is 4.98 Å². The van der Waals surface area contributed by atoms with Crippen LogP contribution in [0.4, 0.5) is 4.39 Å². The Bertz CT molecular complexity index is 937. The number of pyridine rings is 1. The highest BCUT2D eigenvalue weighted by Crippen LogP contribution is 2.35. The van der Waals surface area contributed by atoms with E-state index in [9.17, 15) is 4.39 Å². The van der Waals surface area contributed by atoms with Crippen LogP contribution in [-0.2, 0) is 19.7 Å². The molecular weight excluding hydrogens is 459 g/mol. The Morgan fingerprint density at radius 1 is 1.07 bits per heavy atom. The van der Waals surface area contributed by atoms with Gasteiger partial charge in [0, 0.05) is 35.5 Å². The first-order valence-corrected chi connectivity index (χ1v) is 10.4. The quantitative estimate of drug-likeness (QED) is 0.415. The first-order valence-electron chi connectivity index (χ1n) is 9.19. The third-order valence-electron chi connectivity index (χ3n) is 4.24. The predicted octanol–water partition coefficient (Wildman–Crippen LogP) is 5.90. The van der Waals surface area contributed by atoms with Gasteiger partial charge in [0.05, 0.1) is 11.6 Å². The summed E-state index contributed by atoms with van der Waals surface area (Å²) in [4.78, 5) is 4.02. The van der Waals surface area contributed by atoms with Crippen molar-refractivity contribution in [2.45, 2.75) is 26.6 Å². The Morgan fingerprint density at radius 3 is 2.55 bits per heavy atom. The van der Waals surface area contributed by atoms with Crippen molar-refractivity contribution in [3.63, 3.8) is 0 Å². The van der Waals surface area contributed by atoms with Crippen LogP contribution in [0.3, 0.4) is 0 Å². The Hall–Kier alpha value is -2.15. The molecule has 0 saturated heterocycles. The summed E-state index contributed by atoms with van der Waals surface area (Å²) in [5.74, 6) is 0.728. The molecular formula is C22H21BrClFN2O2. The molecule has 0 aliphatic carbocycles. The number of benzene rings is 2. The summed E-state index contributed by atoms with van der Waals surface area (Å²) in [6.07, 6.45) is 3.54. The molecule has 7 heteroatoms. The van der Waals surface area contributed by atoms with Gasteiger partial charge in [0.25, 0.3) is 0 Å². The van der Waals surface area contributed by atoms with Crippen LogP contribution in [-0.4, -0.2) is 11.6 Å². The summed E-state index contributed by atoms with van der Waals surface area (Å²) in [5, 5.41) is 3.73. The zero-order chi connectivity index (χ0) is 20.6. The summed E-state index contributed by atoms with van der Waals surface area (Å²) in [7, 11) is 0. The molecule has 0 saturated carbocycles. The maximum atomic E-state index is 14.0. The van der Waals surface area contributed by atoms with Crippen molar-refractivity contribution in [2.75, 3.05) is 6.61 Å². The van der Waals surface area contributed by atoms with Crippen molar-refractivity contribution >= 4 is 27.5 Å². The number of hydrogen-bond acceptors (Lipinski definition) is 4. The van der Waals surface area contributed by atoms with Gasteiger partial charge in [0.2, 0.25) is 0 Å². The fraction of sp³-hybridized carbons (Fsp3) is 0.227. The van der Waals surface area contributed by atoms with Gasteiger partial charge in [-0.2, -0.15) is 0 Å². The van der Waals surface area contributed by atoms with E-state index in [1.807, 2.05) is 31.2 Å². The van der Waals surface area contributed by atoms with Crippen LogP contribution in [0.5, 0.6) is 11.5 Å². The molecule has 4 nitrogen and oxygen atoms in total. The smallest absolute Gasteiger partial charge is 0.162 e. The van der Waals surface area contributed by atoms with Crippen LogP contribution < -0.4 is 14.8 Å². The number of aromatic nitrogens is 1. The molecule has 3 rings (SSSR count). The molecule has 1 heterocycles. The number of hydrogen-bond donors (Lipinski definition) is 1. The van der Waals surface area contributed by atoms with Gasteiger partial charge in [0.1, 0.15) is 12.4 Å². The second kappa shape index (κ2) is 10.6. The molecule has 0 fully saturated rings. The van der Waals surface area contributed by atoms with E-state index < -0.39 is 5.82 Å². The summed E-state index contributed by atoms with van der Waals surface area (Å²) >= 11 is 9.68. The zero-order valence-electron chi connectivity index (χ0n) is 15.9. The van der Waals surface area contributed by atoms with E-state index in [0.29, 0.717) is 35.2 Å². The van der Waals surface area contributed by atoms with E-state index in [0.717, 1.165) is 22.1 Å². The first-order chi connectivity index (χ1) is 14.1. The summed E-state index contributed by atoms with van der Waals surface area (Å²) in [5.41, 5.74) is 2.50. The molecule has 0 bridgehead atoms. The fourth-order valence-corrected chi connectivity index (χ4v) is 3.44. The molecule has 0 amide bonds. The molecule has 0 radical (unpaired) electrons. The van der Waals surface area contributed by atoms with Gasteiger partial charge < -0.3 is 14.8 Å². The predicted molar refractivity (Wildman–Crippen MR) is 116 cm³/mol. The third kappa shape index (κ3) is 5.92. The topological polar surface area (TPSA) is 43.4 Å². The van der Waals surface area contributed by atoms with Gasteiger partial charge in [0.15, 0.2) is 11.5 Å². The molecule has 2 aromatic carbocycles. The average molecular weight is 480 g/mol. The molecule has 29 heavy (non-hydrogen) atoms. The normalized spacial score (nSPS) is 10.8. The van der Waals surface area contributed by atoms with Crippen molar-refractivity contribution in [3.8, 4) is 11.5 Å². The van der Waals surface area contributed by atoms with Crippen LogP contribution in [0.1, 0.15) is 23.6 Å². The van der Waals surface area contributed by atoms with E-state index in [-0.39, 0.29) is 6.61 Å². The van der Waals surface area contributed by atoms with Gasteiger partial charge in [-0.05, 0) is 54.4 Å².